The third kappa shape index (κ3) is 2.80. The summed E-state index contributed by atoms with van der Waals surface area (Å²) in [6.45, 7) is 5.07. The van der Waals surface area contributed by atoms with Gasteiger partial charge in [-0.25, -0.2) is 9.59 Å². The standard InChI is InChI=1S/C9H12N2O4/c1-9(2,3)15-8(14)11-6(7(12)13)4-5-10-11/h4-5H,1-3H3,(H,12,13). The van der Waals surface area contributed by atoms with Crippen LogP contribution in [0.15, 0.2) is 12.3 Å². The second-order valence-corrected chi connectivity index (χ2v) is 3.91. The van der Waals surface area contributed by atoms with E-state index in [-0.39, 0.29) is 5.69 Å². The number of hydrogen-bond acceptors (Lipinski definition) is 4. The first-order chi connectivity index (χ1) is 6.81. The number of nitrogens with zero attached hydrogens (tertiary/aromatic N) is 2. The molecule has 0 spiro atoms. The minimum absolute atomic E-state index is 0.218. The van der Waals surface area contributed by atoms with Crippen LogP contribution in [-0.4, -0.2) is 32.6 Å². The van der Waals surface area contributed by atoms with Crippen molar-refractivity contribution in [2.75, 3.05) is 0 Å². The van der Waals surface area contributed by atoms with Crippen LogP contribution in [0.1, 0.15) is 31.3 Å². The summed E-state index contributed by atoms with van der Waals surface area (Å²) < 4.78 is 5.69. The molecular formula is C9H12N2O4. The SMILES string of the molecule is CC(C)(C)OC(=O)n1nccc1C(=O)O. The lowest BCUT2D eigenvalue weighted by molar-refractivity contribution is 0.0483. The van der Waals surface area contributed by atoms with E-state index in [9.17, 15) is 9.59 Å². The molecule has 1 heterocycles. The second-order valence-electron chi connectivity index (χ2n) is 3.91. The molecule has 0 bridgehead atoms. The average molecular weight is 212 g/mol. The van der Waals surface area contributed by atoms with Crippen molar-refractivity contribution in [2.45, 2.75) is 26.4 Å². The van der Waals surface area contributed by atoms with Crippen molar-refractivity contribution in [2.24, 2.45) is 0 Å². The van der Waals surface area contributed by atoms with Gasteiger partial charge in [-0.3, -0.25) is 0 Å². The Labute approximate surface area is 86.5 Å². The van der Waals surface area contributed by atoms with Gasteiger partial charge in [0.15, 0.2) is 5.69 Å². The fraction of sp³-hybridized carbons (Fsp3) is 0.444. The van der Waals surface area contributed by atoms with E-state index < -0.39 is 17.7 Å². The first-order valence-corrected chi connectivity index (χ1v) is 4.32. The van der Waals surface area contributed by atoms with Gasteiger partial charge in [-0.1, -0.05) is 0 Å². The molecule has 82 valence electrons. The predicted molar refractivity (Wildman–Crippen MR) is 50.8 cm³/mol. The normalized spacial score (nSPS) is 11.1. The molecule has 0 aromatic carbocycles. The number of aromatic carboxylic acids is 1. The zero-order valence-corrected chi connectivity index (χ0v) is 8.72. The summed E-state index contributed by atoms with van der Waals surface area (Å²) in [6, 6.07) is 1.23. The number of aromatic nitrogens is 2. The van der Waals surface area contributed by atoms with Crippen LogP contribution in [-0.2, 0) is 4.74 Å². The largest absolute Gasteiger partial charge is 0.477 e. The van der Waals surface area contributed by atoms with Gasteiger partial charge in [0.1, 0.15) is 5.60 Å². The average Bonchev–Trinajstić information content (AvgIpc) is 2.47. The molecule has 0 saturated carbocycles. The lowest BCUT2D eigenvalue weighted by atomic mass is 10.2. The van der Waals surface area contributed by atoms with E-state index in [1.165, 1.54) is 12.3 Å². The predicted octanol–water partition coefficient (Wildman–Crippen LogP) is 1.36. The van der Waals surface area contributed by atoms with Crippen LogP contribution < -0.4 is 0 Å². The molecular weight excluding hydrogens is 200 g/mol. The molecule has 0 atom stereocenters. The number of ether oxygens (including phenoxy) is 1. The van der Waals surface area contributed by atoms with Crippen LogP contribution in [0.2, 0.25) is 0 Å². The zero-order valence-electron chi connectivity index (χ0n) is 8.72. The molecule has 6 nitrogen and oxygen atoms in total. The molecule has 6 heteroatoms. The van der Waals surface area contributed by atoms with Gasteiger partial charge in [-0.2, -0.15) is 9.78 Å². The molecule has 1 aromatic rings. The van der Waals surface area contributed by atoms with Gasteiger partial charge < -0.3 is 9.84 Å². The van der Waals surface area contributed by atoms with Gasteiger partial charge in [-0.05, 0) is 26.8 Å². The Morgan fingerprint density at radius 1 is 1.47 bits per heavy atom. The summed E-state index contributed by atoms with van der Waals surface area (Å²) in [5.74, 6) is -1.22. The summed E-state index contributed by atoms with van der Waals surface area (Å²) in [6.07, 6.45) is 0.429. The molecule has 15 heavy (non-hydrogen) atoms. The van der Waals surface area contributed by atoms with Crippen LogP contribution in [0, 0.1) is 0 Å². The van der Waals surface area contributed by atoms with E-state index in [0.717, 1.165) is 0 Å². The molecule has 0 aliphatic rings. The topological polar surface area (TPSA) is 81.4 Å². The molecule has 1 aromatic heterocycles. The molecule has 1 rings (SSSR count). The fourth-order valence-electron chi connectivity index (χ4n) is 0.916. The van der Waals surface area contributed by atoms with Crippen molar-refractivity contribution in [3.05, 3.63) is 18.0 Å². The lowest BCUT2D eigenvalue weighted by Crippen LogP contribution is -2.29. The van der Waals surface area contributed by atoms with Crippen LogP contribution >= 0.6 is 0 Å². The third-order valence-electron chi connectivity index (χ3n) is 1.43. The van der Waals surface area contributed by atoms with E-state index in [1.807, 2.05) is 0 Å². The van der Waals surface area contributed by atoms with Gasteiger partial charge in [0, 0.05) is 0 Å². The molecule has 0 aliphatic heterocycles. The number of carboxylic acid groups (broad SMARTS) is 1. The lowest BCUT2D eigenvalue weighted by Gasteiger charge is -2.19. The van der Waals surface area contributed by atoms with Crippen molar-refractivity contribution >= 4 is 12.1 Å². The Morgan fingerprint density at radius 2 is 2.07 bits per heavy atom. The van der Waals surface area contributed by atoms with Crippen molar-refractivity contribution in [1.82, 2.24) is 9.78 Å². The Kier molecular flexibility index (Phi) is 2.78. The smallest absolute Gasteiger partial charge is 0.436 e. The van der Waals surface area contributed by atoms with Crippen molar-refractivity contribution in [3.63, 3.8) is 0 Å². The van der Waals surface area contributed by atoms with E-state index >= 15 is 0 Å². The maximum atomic E-state index is 11.5. The van der Waals surface area contributed by atoms with E-state index in [1.54, 1.807) is 20.8 Å². The minimum Gasteiger partial charge on any atom is -0.477 e. The van der Waals surface area contributed by atoms with Crippen LogP contribution in [0.5, 0.6) is 0 Å². The Hall–Kier alpha value is -1.85. The van der Waals surface area contributed by atoms with Crippen LogP contribution in [0.25, 0.3) is 0 Å². The first kappa shape index (κ1) is 11.2. The van der Waals surface area contributed by atoms with Crippen LogP contribution in [0.4, 0.5) is 4.79 Å². The maximum Gasteiger partial charge on any atom is 0.436 e. The Bertz CT molecular complexity index is 389. The van der Waals surface area contributed by atoms with Gasteiger partial charge in [-0.15, -0.1) is 0 Å². The monoisotopic (exact) mass is 212 g/mol. The van der Waals surface area contributed by atoms with Gasteiger partial charge in [0.2, 0.25) is 0 Å². The fourth-order valence-corrected chi connectivity index (χ4v) is 0.916. The number of carbonyl (C=O) groups is 2. The van der Waals surface area contributed by atoms with Crippen LogP contribution in [0.3, 0.4) is 0 Å². The summed E-state index contributed by atoms with van der Waals surface area (Å²) in [4.78, 5) is 22.1. The number of hydrogen-bond donors (Lipinski definition) is 1. The highest BCUT2D eigenvalue weighted by Gasteiger charge is 2.22. The highest BCUT2D eigenvalue weighted by atomic mass is 16.6. The maximum absolute atomic E-state index is 11.5. The molecule has 0 fully saturated rings. The molecule has 0 amide bonds. The molecule has 0 radical (unpaired) electrons. The quantitative estimate of drug-likeness (QED) is 0.760. The summed E-state index contributed by atoms with van der Waals surface area (Å²) in [5, 5.41) is 12.3. The first-order valence-electron chi connectivity index (χ1n) is 4.32. The third-order valence-corrected chi connectivity index (χ3v) is 1.43. The Morgan fingerprint density at radius 3 is 2.53 bits per heavy atom. The summed E-state index contributed by atoms with van der Waals surface area (Å²) >= 11 is 0. The molecule has 0 saturated heterocycles. The summed E-state index contributed by atoms with van der Waals surface area (Å²) in [5.41, 5.74) is -0.900. The Balaban J connectivity index is 2.92. The minimum atomic E-state index is -1.22. The van der Waals surface area contributed by atoms with Gasteiger partial charge >= 0.3 is 12.1 Å². The van der Waals surface area contributed by atoms with E-state index in [2.05, 4.69) is 5.10 Å². The van der Waals surface area contributed by atoms with Gasteiger partial charge in [0.25, 0.3) is 0 Å². The molecule has 1 N–H and O–H groups in total. The van der Waals surface area contributed by atoms with Crippen molar-refractivity contribution < 1.29 is 19.4 Å². The number of carboxylic acids is 1. The number of rotatable bonds is 1. The van der Waals surface area contributed by atoms with Gasteiger partial charge in [0.05, 0.1) is 6.20 Å². The van der Waals surface area contributed by atoms with E-state index in [0.29, 0.717) is 4.68 Å². The van der Waals surface area contributed by atoms with E-state index in [4.69, 9.17) is 9.84 Å². The summed E-state index contributed by atoms with van der Waals surface area (Å²) in [7, 11) is 0. The zero-order chi connectivity index (χ0) is 11.6. The highest BCUT2D eigenvalue weighted by Crippen LogP contribution is 2.09. The molecule has 0 unspecified atom stereocenters. The van der Waals surface area contributed by atoms with Crippen molar-refractivity contribution in [3.8, 4) is 0 Å². The second kappa shape index (κ2) is 3.72. The highest BCUT2D eigenvalue weighted by molar-refractivity contribution is 5.89. The van der Waals surface area contributed by atoms with Crippen molar-refractivity contribution in [1.29, 1.82) is 0 Å². The number of carbonyl (C=O) groups excluding carboxylic acids is 1. The molecule has 0 aliphatic carbocycles.